The first-order valence-corrected chi connectivity index (χ1v) is 7.43. The van der Waals surface area contributed by atoms with Crippen molar-refractivity contribution in [2.45, 2.75) is 38.5 Å². The minimum Gasteiger partial charge on any atom is -0.360 e. The minimum absolute atomic E-state index is 0.155. The lowest BCUT2D eigenvalue weighted by atomic mass is 10.1. The summed E-state index contributed by atoms with van der Waals surface area (Å²) in [6, 6.07) is 5.95. The van der Waals surface area contributed by atoms with Crippen LogP contribution in [0.25, 0.3) is 0 Å². The maximum atomic E-state index is 14.4. The first-order chi connectivity index (χ1) is 10.3. The molecule has 1 N–H and O–H groups in total. The van der Waals surface area contributed by atoms with E-state index in [9.17, 15) is 4.39 Å². The van der Waals surface area contributed by atoms with E-state index in [1.807, 2.05) is 10.6 Å². The summed E-state index contributed by atoms with van der Waals surface area (Å²) in [6.07, 6.45) is 4.21. The average molecular weight is 287 g/mol. The number of para-hydroxylation sites is 1. The van der Waals surface area contributed by atoms with Crippen LogP contribution in [0.4, 0.5) is 10.1 Å². The van der Waals surface area contributed by atoms with Crippen LogP contribution in [0.15, 0.2) is 24.5 Å². The zero-order chi connectivity index (χ0) is 14.2. The molecule has 0 unspecified atom stereocenters. The molecule has 1 fully saturated rings. The van der Waals surface area contributed by atoms with Crippen molar-refractivity contribution in [3.05, 3.63) is 41.7 Å². The summed E-state index contributed by atoms with van der Waals surface area (Å²) in [5, 5.41) is 11.5. The Bertz CT molecular complexity index is 649. The van der Waals surface area contributed by atoms with Gasteiger partial charge in [0.1, 0.15) is 12.1 Å². The SMILES string of the molecule is Fc1cccc(CNC2CC2)c1N1CCn2cnnc2C1. The Kier molecular flexibility index (Phi) is 3.11. The second-order valence-electron chi connectivity index (χ2n) is 5.76. The first-order valence-electron chi connectivity index (χ1n) is 7.43. The van der Waals surface area contributed by atoms with Gasteiger partial charge in [-0.15, -0.1) is 10.2 Å². The van der Waals surface area contributed by atoms with Crippen molar-refractivity contribution in [1.82, 2.24) is 20.1 Å². The number of hydrogen-bond acceptors (Lipinski definition) is 4. The molecule has 2 aliphatic rings. The van der Waals surface area contributed by atoms with Crippen molar-refractivity contribution in [1.29, 1.82) is 0 Å². The normalized spacial score (nSPS) is 17.9. The Balaban J connectivity index is 1.61. The van der Waals surface area contributed by atoms with E-state index in [2.05, 4.69) is 20.4 Å². The van der Waals surface area contributed by atoms with Gasteiger partial charge in [0.15, 0.2) is 5.82 Å². The molecule has 2 heterocycles. The number of aromatic nitrogens is 3. The number of benzene rings is 1. The van der Waals surface area contributed by atoms with Crippen LogP contribution in [0.1, 0.15) is 24.2 Å². The molecule has 0 radical (unpaired) electrons. The lowest BCUT2D eigenvalue weighted by Gasteiger charge is -2.31. The van der Waals surface area contributed by atoms with Crippen LogP contribution in [0.3, 0.4) is 0 Å². The van der Waals surface area contributed by atoms with Gasteiger partial charge < -0.3 is 14.8 Å². The van der Waals surface area contributed by atoms with Crippen LogP contribution in [0.2, 0.25) is 0 Å². The predicted octanol–water partition coefficient (Wildman–Crippen LogP) is 1.69. The standard InChI is InChI=1S/C15H18FN5/c16-13-3-1-2-11(8-17-12-4-5-12)15(13)20-6-7-21-10-18-19-14(21)9-20/h1-3,10,12,17H,4-9H2. The zero-order valence-electron chi connectivity index (χ0n) is 11.8. The summed E-state index contributed by atoms with van der Waals surface area (Å²) >= 11 is 0. The molecule has 4 rings (SSSR count). The Labute approximate surface area is 122 Å². The number of halogens is 1. The van der Waals surface area contributed by atoms with E-state index >= 15 is 0 Å². The van der Waals surface area contributed by atoms with E-state index in [1.165, 1.54) is 18.9 Å². The molecule has 1 aromatic carbocycles. The molecule has 0 saturated heterocycles. The third-order valence-corrected chi connectivity index (χ3v) is 4.18. The van der Waals surface area contributed by atoms with E-state index in [1.54, 1.807) is 12.4 Å². The lowest BCUT2D eigenvalue weighted by molar-refractivity contribution is 0.539. The summed E-state index contributed by atoms with van der Waals surface area (Å²) < 4.78 is 16.4. The molecule has 5 nitrogen and oxygen atoms in total. The van der Waals surface area contributed by atoms with Gasteiger partial charge in [0.25, 0.3) is 0 Å². The third kappa shape index (κ3) is 2.51. The summed E-state index contributed by atoms with van der Waals surface area (Å²) in [4.78, 5) is 2.07. The van der Waals surface area contributed by atoms with Crippen molar-refractivity contribution < 1.29 is 4.39 Å². The van der Waals surface area contributed by atoms with Crippen LogP contribution in [0, 0.1) is 5.82 Å². The van der Waals surface area contributed by atoms with Crippen LogP contribution < -0.4 is 10.2 Å². The number of fused-ring (bicyclic) bond motifs is 1. The van der Waals surface area contributed by atoms with Gasteiger partial charge in [0.2, 0.25) is 0 Å². The molecule has 1 saturated carbocycles. The van der Waals surface area contributed by atoms with Gasteiger partial charge in [0, 0.05) is 25.7 Å². The van der Waals surface area contributed by atoms with Gasteiger partial charge in [-0.2, -0.15) is 0 Å². The topological polar surface area (TPSA) is 46.0 Å². The Morgan fingerprint density at radius 2 is 2.19 bits per heavy atom. The highest BCUT2D eigenvalue weighted by Crippen LogP contribution is 2.28. The van der Waals surface area contributed by atoms with E-state index < -0.39 is 0 Å². The molecule has 110 valence electrons. The number of nitrogens with one attached hydrogen (secondary N) is 1. The maximum Gasteiger partial charge on any atom is 0.152 e. The van der Waals surface area contributed by atoms with E-state index in [-0.39, 0.29) is 5.82 Å². The highest BCUT2D eigenvalue weighted by molar-refractivity contribution is 5.55. The lowest BCUT2D eigenvalue weighted by Crippen LogP contribution is -2.35. The van der Waals surface area contributed by atoms with Gasteiger partial charge in [-0.05, 0) is 24.5 Å². The van der Waals surface area contributed by atoms with Crippen LogP contribution >= 0.6 is 0 Å². The molecule has 21 heavy (non-hydrogen) atoms. The molecule has 1 aliphatic heterocycles. The third-order valence-electron chi connectivity index (χ3n) is 4.18. The molecule has 0 spiro atoms. The Morgan fingerprint density at radius 1 is 1.29 bits per heavy atom. The van der Waals surface area contributed by atoms with Crippen molar-refractivity contribution in [3.63, 3.8) is 0 Å². The van der Waals surface area contributed by atoms with E-state index in [0.717, 1.165) is 31.0 Å². The van der Waals surface area contributed by atoms with Gasteiger partial charge in [-0.25, -0.2) is 4.39 Å². The summed E-state index contributed by atoms with van der Waals surface area (Å²) in [7, 11) is 0. The zero-order valence-corrected chi connectivity index (χ0v) is 11.8. The second-order valence-corrected chi connectivity index (χ2v) is 5.76. The van der Waals surface area contributed by atoms with E-state index in [4.69, 9.17) is 0 Å². The van der Waals surface area contributed by atoms with Gasteiger partial charge in [-0.3, -0.25) is 0 Å². The fourth-order valence-corrected chi connectivity index (χ4v) is 2.86. The first kappa shape index (κ1) is 12.8. The molecular formula is C15H18FN5. The molecule has 1 aliphatic carbocycles. The molecule has 2 aromatic rings. The van der Waals surface area contributed by atoms with Crippen LogP contribution in [-0.2, 0) is 19.6 Å². The average Bonchev–Trinajstić information content (AvgIpc) is 3.20. The molecule has 0 amide bonds. The number of nitrogens with zero attached hydrogens (tertiary/aromatic N) is 4. The molecule has 0 bridgehead atoms. The quantitative estimate of drug-likeness (QED) is 0.929. The van der Waals surface area contributed by atoms with Crippen LogP contribution in [-0.4, -0.2) is 27.4 Å². The van der Waals surface area contributed by atoms with Crippen LogP contribution in [0.5, 0.6) is 0 Å². The van der Waals surface area contributed by atoms with Crippen molar-refractivity contribution in [3.8, 4) is 0 Å². The number of rotatable bonds is 4. The monoisotopic (exact) mass is 287 g/mol. The fourth-order valence-electron chi connectivity index (χ4n) is 2.86. The molecular weight excluding hydrogens is 269 g/mol. The van der Waals surface area contributed by atoms with Crippen molar-refractivity contribution in [2.24, 2.45) is 0 Å². The summed E-state index contributed by atoms with van der Waals surface area (Å²) in [6.45, 7) is 2.91. The highest BCUT2D eigenvalue weighted by atomic mass is 19.1. The highest BCUT2D eigenvalue weighted by Gasteiger charge is 2.24. The molecule has 0 atom stereocenters. The van der Waals surface area contributed by atoms with Gasteiger partial charge in [0.05, 0.1) is 12.2 Å². The Hall–Kier alpha value is -1.95. The molecule has 1 aromatic heterocycles. The summed E-state index contributed by atoms with van der Waals surface area (Å²) in [5.41, 5.74) is 1.73. The molecule has 6 heteroatoms. The fraction of sp³-hybridized carbons (Fsp3) is 0.467. The van der Waals surface area contributed by atoms with Crippen molar-refractivity contribution in [2.75, 3.05) is 11.4 Å². The largest absolute Gasteiger partial charge is 0.360 e. The number of hydrogen-bond donors (Lipinski definition) is 1. The maximum absolute atomic E-state index is 14.4. The second kappa shape index (κ2) is 5.11. The Morgan fingerprint density at radius 3 is 3.05 bits per heavy atom. The van der Waals surface area contributed by atoms with Crippen molar-refractivity contribution >= 4 is 5.69 Å². The predicted molar refractivity (Wildman–Crippen MR) is 77.3 cm³/mol. The van der Waals surface area contributed by atoms with Gasteiger partial charge in [-0.1, -0.05) is 12.1 Å². The smallest absolute Gasteiger partial charge is 0.152 e. The number of anilines is 1. The van der Waals surface area contributed by atoms with E-state index in [0.29, 0.717) is 18.3 Å². The minimum atomic E-state index is -0.155. The van der Waals surface area contributed by atoms with Gasteiger partial charge >= 0.3 is 0 Å². The summed E-state index contributed by atoms with van der Waals surface area (Å²) in [5.74, 6) is 0.740.